The molecule has 104 valence electrons. The van der Waals surface area contributed by atoms with Gasteiger partial charge in [0.25, 0.3) is 5.56 Å². The van der Waals surface area contributed by atoms with Crippen molar-refractivity contribution < 1.29 is 4.74 Å². The lowest BCUT2D eigenvalue weighted by molar-refractivity contribution is 0.415. The van der Waals surface area contributed by atoms with Gasteiger partial charge in [-0.25, -0.2) is 4.98 Å². The van der Waals surface area contributed by atoms with Gasteiger partial charge in [-0.3, -0.25) is 4.79 Å². The normalized spacial score (nSPS) is 13.9. The highest BCUT2D eigenvalue weighted by Gasteiger charge is 2.17. The van der Waals surface area contributed by atoms with E-state index in [1.165, 1.54) is 0 Å². The molecule has 2 N–H and O–H groups in total. The van der Waals surface area contributed by atoms with Crippen molar-refractivity contribution in [2.45, 2.75) is 19.9 Å². The first-order valence-corrected chi connectivity index (χ1v) is 6.67. The SMILES string of the molecule is COc1cc(C)ccc1-c1nc2c(c(=O)[nH]1)CNCC2. The van der Waals surface area contributed by atoms with Crippen LogP contribution in [0.5, 0.6) is 5.75 Å². The van der Waals surface area contributed by atoms with E-state index in [0.717, 1.165) is 41.1 Å². The number of benzene rings is 1. The lowest BCUT2D eigenvalue weighted by Crippen LogP contribution is -2.31. The van der Waals surface area contributed by atoms with E-state index in [9.17, 15) is 4.79 Å². The molecule has 0 saturated carbocycles. The number of nitrogens with one attached hydrogen (secondary N) is 2. The Balaban J connectivity index is 2.16. The van der Waals surface area contributed by atoms with Crippen molar-refractivity contribution in [2.75, 3.05) is 13.7 Å². The van der Waals surface area contributed by atoms with Crippen LogP contribution in [0.2, 0.25) is 0 Å². The van der Waals surface area contributed by atoms with Gasteiger partial charge in [0.15, 0.2) is 0 Å². The van der Waals surface area contributed by atoms with Gasteiger partial charge in [0.2, 0.25) is 0 Å². The van der Waals surface area contributed by atoms with Gasteiger partial charge in [0.1, 0.15) is 11.6 Å². The van der Waals surface area contributed by atoms with Crippen LogP contribution in [0, 0.1) is 6.92 Å². The molecule has 3 rings (SSSR count). The number of methoxy groups -OCH3 is 1. The number of hydrogen-bond acceptors (Lipinski definition) is 4. The summed E-state index contributed by atoms with van der Waals surface area (Å²) in [6.07, 6.45) is 0.778. The molecule has 0 saturated heterocycles. The van der Waals surface area contributed by atoms with E-state index in [1.54, 1.807) is 7.11 Å². The lowest BCUT2D eigenvalue weighted by Gasteiger charge is -2.16. The predicted molar refractivity (Wildman–Crippen MR) is 77.0 cm³/mol. The maximum atomic E-state index is 12.1. The number of H-pyrrole nitrogens is 1. The number of aromatic amines is 1. The average molecular weight is 271 g/mol. The summed E-state index contributed by atoms with van der Waals surface area (Å²) in [6, 6.07) is 5.86. The van der Waals surface area contributed by atoms with Gasteiger partial charge in [-0.2, -0.15) is 0 Å². The smallest absolute Gasteiger partial charge is 0.255 e. The minimum absolute atomic E-state index is 0.0696. The van der Waals surface area contributed by atoms with Crippen LogP contribution >= 0.6 is 0 Å². The molecule has 2 aromatic rings. The fraction of sp³-hybridized carbons (Fsp3) is 0.333. The van der Waals surface area contributed by atoms with Crippen LogP contribution in [0.1, 0.15) is 16.8 Å². The lowest BCUT2D eigenvalue weighted by atomic mass is 10.1. The Kier molecular flexibility index (Phi) is 3.28. The second kappa shape index (κ2) is 5.09. The summed E-state index contributed by atoms with van der Waals surface area (Å²) in [4.78, 5) is 19.6. The van der Waals surface area contributed by atoms with Crippen LogP contribution in [0.3, 0.4) is 0 Å². The molecule has 20 heavy (non-hydrogen) atoms. The number of fused-ring (bicyclic) bond motifs is 1. The number of ether oxygens (including phenoxy) is 1. The summed E-state index contributed by atoms with van der Waals surface area (Å²) in [6.45, 7) is 3.44. The van der Waals surface area contributed by atoms with Gasteiger partial charge < -0.3 is 15.0 Å². The van der Waals surface area contributed by atoms with E-state index in [2.05, 4.69) is 15.3 Å². The minimum atomic E-state index is -0.0696. The minimum Gasteiger partial charge on any atom is -0.496 e. The van der Waals surface area contributed by atoms with E-state index in [4.69, 9.17) is 4.74 Å². The zero-order valence-corrected chi connectivity index (χ0v) is 11.6. The fourth-order valence-electron chi connectivity index (χ4n) is 2.48. The Hall–Kier alpha value is -2.14. The van der Waals surface area contributed by atoms with Gasteiger partial charge >= 0.3 is 0 Å². The van der Waals surface area contributed by atoms with Crippen molar-refractivity contribution in [3.05, 3.63) is 45.4 Å². The third-order valence-corrected chi connectivity index (χ3v) is 3.55. The first kappa shape index (κ1) is 12.9. The van der Waals surface area contributed by atoms with Crippen molar-refractivity contribution in [1.82, 2.24) is 15.3 Å². The molecule has 1 aromatic heterocycles. The van der Waals surface area contributed by atoms with Crippen molar-refractivity contribution in [1.29, 1.82) is 0 Å². The molecule has 0 radical (unpaired) electrons. The second-order valence-corrected chi connectivity index (χ2v) is 4.97. The Morgan fingerprint density at radius 1 is 1.35 bits per heavy atom. The van der Waals surface area contributed by atoms with E-state index in [0.29, 0.717) is 12.4 Å². The molecule has 1 aliphatic rings. The van der Waals surface area contributed by atoms with Crippen LogP contribution in [-0.2, 0) is 13.0 Å². The largest absolute Gasteiger partial charge is 0.496 e. The quantitative estimate of drug-likeness (QED) is 0.866. The van der Waals surface area contributed by atoms with Gasteiger partial charge in [0.05, 0.1) is 23.9 Å². The predicted octanol–water partition coefficient (Wildman–Crippen LogP) is 1.40. The topological polar surface area (TPSA) is 67.0 Å². The molecular weight excluding hydrogens is 254 g/mol. The molecule has 0 atom stereocenters. The molecule has 2 heterocycles. The van der Waals surface area contributed by atoms with Crippen LogP contribution in [-0.4, -0.2) is 23.6 Å². The zero-order valence-electron chi connectivity index (χ0n) is 11.6. The maximum absolute atomic E-state index is 12.1. The van der Waals surface area contributed by atoms with E-state index in [-0.39, 0.29) is 5.56 Å². The number of aryl methyl sites for hydroxylation is 1. The molecule has 0 fully saturated rings. The van der Waals surface area contributed by atoms with Crippen LogP contribution in [0.15, 0.2) is 23.0 Å². The zero-order chi connectivity index (χ0) is 14.1. The number of hydrogen-bond donors (Lipinski definition) is 2. The second-order valence-electron chi connectivity index (χ2n) is 4.97. The van der Waals surface area contributed by atoms with E-state index >= 15 is 0 Å². The van der Waals surface area contributed by atoms with Gasteiger partial charge in [-0.05, 0) is 24.6 Å². The summed E-state index contributed by atoms with van der Waals surface area (Å²) in [7, 11) is 1.62. The highest BCUT2D eigenvalue weighted by molar-refractivity contribution is 5.65. The Bertz CT molecular complexity index is 707. The standard InChI is InChI=1S/C15H17N3O2/c1-9-3-4-10(13(7-9)20-2)14-17-12-5-6-16-8-11(12)15(19)18-14/h3-4,7,16H,5-6,8H2,1-2H3,(H,17,18,19). The van der Waals surface area contributed by atoms with Gasteiger partial charge in [0, 0.05) is 19.5 Å². The van der Waals surface area contributed by atoms with Crippen molar-refractivity contribution in [3.63, 3.8) is 0 Å². The molecule has 5 nitrogen and oxygen atoms in total. The van der Waals surface area contributed by atoms with Crippen molar-refractivity contribution in [3.8, 4) is 17.1 Å². The monoisotopic (exact) mass is 271 g/mol. The molecule has 0 aliphatic carbocycles. The molecule has 1 aliphatic heterocycles. The summed E-state index contributed by atoms with van der Waals surface area (Å²) >= 11 is 0. The van der Waals surface area contributed by atoms with Gasteiger partial charge in [-0.1, -0.05) is 6.07 Å². The summed E-state index contributed by atoms with van der Waals surface area (Å²) < 4.78 is 5.39. The van der Waals surface area contributed by atoms with E-state index < -0.39 is 0 Å². The number of aromatic nitrogens is 2. The first-order chi connectivity index (χ1) is 9.69. The highest BCUT2D eigenvalue weighted by Crippen LogP contribution is 2.28. The van der Waals surface area contributed by atoms with E-state index in [1.807, 2.05) is 25.1 Å². The third-order valence-electron chi connectivity index (χ3n) is 3.55. The Morgan fingerprint density at radius 2 is 2.20 bits per heavy atom. The molecule has 0 bridgehead atoms. The molecule has 1 aromatic carbocycles. The summed E-state index contributed by atoms with van der Waals surface area (Å²) in [5.74, 6) is 1.30. The summed E-state index contributed by atoms with van der Waals surface area (Å²) in [5, 5.41) is 3.19. The third kappa shape index (κ3) is 2.20. The number of rotatable bonds is 2. The molecule has 0 unspecified atom stereocenters. The van der Waals surface area contributed by atoms with Crippen LogP contribution < -0.4 is 15.6 Å². The maximum Gasteiger partial charge on any atom is 0.255 e. The van der Waals surface area contributed by atoms with Crippen molar-refractivity contribution >= 4 is 0 Å². The van der Waals surface area contributed by atoms with Crippen molar-refractivity contribution in [2.24, 2.45) is 0 Å². The van der Waals surface area contributed by atoms with Crippen LogP contribution in [0.4, 0.5) is 0 Å². The molecule has 0 spiro atoms. The Labute approximate surface area is 117 Å². The summed E-state index contributed by atoms with van der Waals surface area (Å²) in [5.41, 5.74) is 3.47. The first-order valence-electron chi connectivity index (χ1n) is 6.67. The fourth-order valence-corrected chi connectivity index (χ4v) is 2.48. The van der Waals surface area contributed by atoms with Gasteiger partial charge in [-0.15, -0.1) is 0 Å². The van der Waals surface area contributed by atoms with Crippen LogP contribution in [0.25, 0.3) is 11.4 Å². The molecular formula is C15H17N3O2. The molecule has 5 heteroatoms. The highest BCUT2D eigenvalue weighted by atomic mass is 16.5. The molecule has 0 amide bonds. The Morgan fingerprint density at radius 3 is 3.00 bits per heavy atom. The average Bonchev–Trinajstić information content (AvgIpc) is 2.47. The number of nitrogens with zero attached hydrogens (tertiary/aromatic N) is 1.